The molecule has 0 aromatic carbocycles. The van der Waals surface area contributed by atoms with Gasteiger partial charge in [0.15, 0.2) is 10.1 Å². The van der Waals surface area contributed by atoms with Crippen molar-refractivity contribution in [1.82, 2.24) is 24.1 Å². The number of aromatic nitrogens is 5. The van der Waals surface area contributed by atoms with Gasteiger partial charge in [-0.15, -0.1) is 28.1 Å². The zero-order valence-corrected chi connectivity index (χ0v) is 13.5. The fourth-order valence-electron chi connectivity index (χ4n) is 2.02. The summed E-state index contributed by atoms with van der Waals surface area (Å²) in [5, 5.41) is 10.5. The van der Waals surface area contributed by atoms with Gasteiger partial charge < -0.3 is 5.73 Å². The van der Waals surface area contributed by atoms with E-state index in [0.29, 0.717) is 34.1 Å². The molecule has 7 nitrogen and oxygen atoms in total. The SMILES string of the molecule is C=CCn1c(N)nnc1SCc1cc(=O)n2c(C)csc2n1. The molecule has 0 aliphatic heterocycles. The van der Waals surface area contributed by atoms with E-state index in [1.165, 1.54) is 23.1 Å². The summed E-state index contributed by atoms with van der Waals surface area (Å²) in [7, 11) is 0. The number of nitrogen functional groups attached to an aromatic ring is 1. The molecule has 3 aromatic heterocycles. The summed E-state index contributed by atoms with van der Waals surface area (Å²) in [6.07, 6.45) is 1.73. The van der Waals surface area contributed by atoms with Crippen LogP contribution in [0.2, 0.25) is 0 Å². The molecule has 0 fully saturated rings. The predicted molar refractivity (Wildman–Crippen MR) is 88.3 cm³/mol. The summed E-state index contributed by atoms with van der Waals surface area (Å²) in [5.74, 6) is 0.873. The number of rotatable bonds is 5. The van der Waals surface area contributed by atoms with Gasteiger partial charge in [-0.1, -0.05) is 17.8 Å². The maximum Gasteiger partial charge on any atom is 0.258 e. The summed E-state index contributed by atoms with van der Waals surface area (Å²) in [4.78, 5) is 17.3. The molecular weight excluding hydrogens is 320 g/mol. The van der Waals surface area contributed by atoms with Crippen LogP contribution < -0.4 is 11.3 Å². The molecule has 0 saturated carbocycles. The molecule has 0 aliphatic carbocycles. The Morgan fingerprint density at radius 3 is 3.09 bits per heavy atom. The molecule has 0 atom stereocenters. The first-order valence-electron chi connectivity index (χ1n) is 6.49. The fourth-order valence-corrected chi connectivity index (χ4v) is 3.76. The number of aryl methyl sites for hydroxylation is 1. The van der Waals surface area contributed by atoms with Crippen LogP contribution in [0.1, 0.15) is 11.4 Å². The Morgan fingerprint density at radius 2 is 2.32 bits per heavy atom. The molecule has 0 radical (unpaired) electrons. The quantitative estimate of drug-likeness (QED) is 0.564. The molecule has 0 amide bonds. The van der Waals surface area contributed by atoms with Gasteiger partial charge in [0.1, 0.15) is 0 Å². The largest absolute Gasteiger partial charge is 0.368 e. The predicted octanol–water partition coefficient (Wildman–Crippen LogP) is 1.72. The molecule has 0 bridgehead atoms. The Morgan fingerprint density at radius 1 is 1.50 bits per heavy atom. The fraction of sp³-hybridized carbons (Fsp3) is 0.231. The lowest BCUT2D eigenvalue weighted by Crippen LogP contribution is -2.14. The number of hydrogen-bond acceptors (Lipinski definition) is 7. The third-order valence-corrected chi connectivity index (χ3v) is 4.98. The average Bonchev–Trinajstić information content (AvgIpc) is 3.02. The molecule has 22 heavy (non-hydrogen) atoms. The van der Waals surface area contributed by atoms with Crippen molar-refractivity contribution in [3.05, 3.63) is 45.8 Å². The van der Waals surface area contributed by atoms with Gasteiger partial charge >= 0.3 is 0 Å². The molecule has 0 aliphatic rings. The van der Waals surface area contributed by atoms with Crippen molar-refractivity contribution in [3.63, 3.8) is 0 Å². The van der Waals surface area contributed by atoms with E-state index in [0.717, 1.165) is 5.69 Å². The number of thiazole rings is 1. The molecule has 0 saturated heterocycles. The number of anilines is 1. The van der Waals surface area contributed by atoms with Crippen molar-refractivity contribution < 1.29 is 0 Å². The van der Waals surface area contributed by atoms with Crippen molar-refractivity contribution in [3.8, 4) is 0 Å². The summed E-state index contributed by atoms with van der Waals surface area (Å²) >= 11 is 2.90. The Kier molecular flexibility index (Phi) is 3.99. The lowest BCUT2D eigenvalue weighted by atomic mass is 10.4. The Balaban J connectivity index is 1.85. The van der Waals surface area contributed by atoms with E-state index in [1.54, 1.807) is 21.1 Å². The van der Waals surface area contributed by atoms with Crippen LogP contribution in [0.25, 0.3) is 4.96 Å². The monoisotopic (exact) mass is 334 g/mol. The minimum Gasteiger partial charge on any atom is -0.368 e. The van der Waals surface area contributed by atoms with Gasteiger partial charge in [-0.3, -0.25) is 13.8 Å². The summed E-state index contributed by atoms with van der Waals surface area (Å²) in [5.41, 5.74) is 7.31. The molecule has 9 heteroatoms. The van der Waals surface area contributed by atoms with E-state index in [9.17, 15) is 4.79 Å². The number of thioether (sulfide) groups is 1. The lowest BCUT2D eigenvalue weighted by molar-refractivity contribution is 0.733. The van der Waals surface area contributed by atoms with Gasteiger partial charge in [-0.25, -0.2) is 4.98 Å². The van der Waals surface area contributed by atoms with Crippen molar-refractivity contribution in [2.24, 2.45) is 0 Å². The summed E-state index contributed by atoms with van der Waals surface area (Å²) in [6.45, 7) is 6.12. The van der Waals surface area contributed by atoms with Crippen LogP contribution in [0.3, 0.4) is 0 Å². The van der Waals surface area contributed by atoms with Crippen LogP contribution in [0.15, 0.2) is 34.1 Å². The second-order valence-corrected chi connectivity index (χ2v) is 6.39. The van der Waals surface area contributed by atoms with E-state index >= 15 is 0 Å². The average molecular weight is 334 g/mol. The first-order valence-corrected chi connectivity index (χ1v) is 8.36. The zero-order chi connectivity index (χ0) is 15.7. The molecule has 3 aromatic rings. The summed E-state index contributed by atoms with van der Waals surface area (Å²) < 4.78 is 3.37. The number of allylic oxidation sites excluding steroid dienone is 1. The normalized spacial score (nSPS) is 11.1. The minimum atomic E-state index is -0.0635. The van der Waals surface area contributed by atoms with Gasteiger partial charge in [0.2, 0.25) is 5.95 Å². The first kappa shape index (κ1) is 14.8. The maximum atomic E-state index is 12.1. The third-order valence-electron chi connectivity index (χ3n) is 3.03. The van der Waals surface area contributed by atoms with E-state index in [2.05, 4.69) is 21.8 Å². The van der Waals surface area contributed by atoms with E-state index in [-0.39, 0.29) is 5.56 Å². The second kappa shape index (κ2) is 5.93. The molecule has 3 heterocycles. The molecular formula is C13H14N6OS2. The number of nitrogens with two attached hydrogens (primary N) is 1. The van der Waals surface area contributed by atoms with E-state index in [1.807, 2.05) is 12.3 Å². The van der Waals surface area contributed by atoms with E-state index in [4.69, 9.17) is 5.73 Å². The van der Waals surface area contributed by atoms with Crippen LogP contribution in [0, 0.1) is 6.92 Å². The maximum absolute atomic E-state index is 12.1. The Hall–Kier alpha value is -2.13. The van der Waals surface area contributed by atoms with Gasteiger partial charge in [-0.2, -0.15) is 0 Å². The first-order chi connectivity index (χ1) is 10.6. The van der Waals surface area contributed by atoms with Crippen molar-refractivity contribution in [1.29, 1.82) is 0 Å². The van der Waals surface area contributed by atoms with Crippen LogP contribution >= 0.6 is 23.1 Å². The highest BCUT2D eigenvalue weighted by atomic mass is 32.2. The summed E-state index contributed by atoms with van der Waals surface area (Å²) in [6, 6.07) is 1.55. The highest BCUT2D eigenvalue weighted by Crippen LogP contribution is 2.22. The standard InChI is InChI=1S/C13H14N6OS2/c1-3-4-18-11(14)16-17-13(18)22-7-9-5-10(20)19-8(2)6-21-12(19)15-9/h3,5-6H,1,4,7H2,2H3,(H2,14,16). The minimum absolute atomic E-state index is 0.0635. The molecule has 114 valence electrons. The van der Waals surface area contributed by atoms with Gasteiger partial charge in [0.25, 0.3) is 5.56 Å². The van der Waals surface area contributed by atoms with Crippen molar-refractivity contribution in [2.45, 2.75) is 24.4 Å². The highest BCUT2D eigenvalue weighted by Gasteiger charge is 2.11. The number of hydrogen-bond donors (Lipinski definition) is 1. The Bertz CT molecular complexity index is 894. The zero-order valence-electron chi connectivity index (χ0n) is 11.9. The van der Waals surface area contributed by atoms with Gasteiger partial charge in [-0.05, 0) is 6.92 Å². The van der Waals surface area contributed by atoms with Crippen LogP contribution in [-0.4, -0.2) is 24.1 Å². The Labute approximate surface area is 134 Å². The van der Waals surface area contributed by atoms with Gasteiger partial charge in [0, 0.05) is 29.4 Å². The third kappa shape index (κ3) is 2.64. The van der Waals surface area contributed by atoms with E-state index < -0.39 is 0 Å². The molecule has 2 N–H and O–H groups in total. The number of nitrogens with zero attached hydrogens (tertiary/aromatic N) is 5. The van der Waals surface area contributed by atoms with Crippen molar-refractivity contribution >= 4 is 34.0 Å². The van der Waals surface area contributed by atoms with Gasteiger partial charge in [0.05, 0.1) is 5.69 Å². The number of fused-ring (bicyclic) bond motifs is 1. The van der Waals surface area contributed by atoms with Crippen LogP contribution in [0.4, 0.5) is 5.95 Å². The molecule has 0 spiro atoms. The lowest BCUT2D eigenvalue weighted by Gasteiger charge is -2.04. The molecule has 3 rings (SSSR count). The van der Waals surface area contributed by atoms with Crippen molar-refractivity contribution in [2.75, 3.05) is 5.73 Å². The second-order valence-electron chi connectivity index (χ2n) is 4.61. The topological polar surface area (TPSA) is 91.1 Å². The van der Waals surface area contributed by atoms with Crippen LogP contribution in [-0.2, 0) is 12.3 Å². The van der Waals surface area contributed by atoms with Crippen LogP contribution in [0.5, 0.6) is 0 Å². The highest BCUT2D eigenvalue weighted by molar-refractivity contribution is 7.98. The smallest absolute Gasteiger partial charge is 0.258 e. The molecule has 0 unspecified atom stereocenters.